The first-order valence-electron chi connectivity index (χ1n) is 12.9. The van der Waals surface area contributed by atoms with Crippen LogP contribution in [-0.2, 0) is 19.2 Å². The molecule has 234 valence electrons. The number of carbonyl (C=O) groups excluding carboxylic acids is 4. The molecule has 11 nitrogen and oxygen atoms in total. The number of guanidine groups is 1. The van der Waals surface area contributed by atoms with Crippen LogP contribution < -0.4 is 32.2 Å². The third-order valence-electron chi connectivity index (χ3n) is 5.74. The third-order valence-corrected chi connectivity index (χ3v) is 5.74. The van der Waals surface area contributed by atoms with E-state index in [1.54, 1.807) is 13.8 Å². The molecule has 2 unspecified atom stereocenters. The van der Waals surface area contributed by atoms with Crippen LogP contribution in [-0.4, -0.2) is 54.7 Å². The van der Waals surface area contributed by atoms with Gasteiger partial charge in [0.1, 0.15) is 18.5 Å². The quantitative estimate of drug-likeness (QED) is 0.0540. The Bertz CT molecular complexity index is 1340. The lowest BCUT2D eigenvalue weighted by Gasteiger charge is -2.24. The summed E-state index contributed by atoms with van der Waals surface area (Å²) < 4.78 is 73.6. The van der Waals surface area contributed by atoms with Gasteiger partial charge in [-0.2, -0.15) is 8.78 Å². The Morgan fingerprint density at radius 3 is 2.09 bits per heavy atom. The van der Waals surface area contributed by atoms with E-state index in [9.17, 15) is 41.1 Å². The molecule has 0 saturated heterocycles. The van der Waals surface area contributed by atoms with Crippen molar-refractivity contribution in [1.29, 1.82) is 0 Å². The first kappa shape index (κ1) is 34.4. The highest BCUT2D eigenvalue weighted by atomic mass is 19.2. The number of anilines is 1. The molecular weight excluding hydrogens is 583 g/mol. The minimum atomic E-state index is -1.87. The molecule has 0 aliphatic carbocycles. The number of ether oxygens (including phenoxy) is 1. The molecular formula is C27H31F5N6O5. The van der Waals surface area contributed by atoms with Crippen LogP contribution in [0.4, 0.5) is 27.6 Å². The molecule has 0 radical (unpaired) electrons. The number of hydrogen-bond donors (Lipinski definition) is 5. The van der Waals surface area contributed by atoms with Gasteiger partial charge in [-0.05, 0) is 37.3 Å². The highest BCUT2D eigenvalue weighted by Crippen LogP contribution is 2.26. The number of halogens is 5. The smallest absolute Gasteiger partial charge is 0.313 e. The van der Waals surface area contributed by atoms with E-state index in [4.69, 9.17) is 16.2 Å². The number of nitrogens with two attached hydrogens (primary N) is 2. The summed E-state index contributed by atoms with van der Waals surface area (Å²) >= 11 is 0. The molecule has 0 heterocycles. The largest absolute Gasteiger partial charge is 0.479 e. The molecule has 16 heteroatoms. The third kappa shape index (κ3) is 10.5. The van der Waals surface area contributed by atoms with Crippen LogP contribution in [0.3, 0.4) is 0 Å². The zero-order valence-electron chi connectivity index (χ0n) is 23.2. The fourth-order valence-electron chi connectivity index (χ4n) is 3.68. The maximum Gasteiger partial charge on any atom is 0.313 e. The number of Topliss-reactive ketones (excluding diaryl/α,β-unsaturated/α-hetero) is 1. The van der Waals surface area contributed by atoms with Gasteiger partial charge < -0.3 is 32.2 Å². The van der Waals surface area contributed by atoms with Gasteiger partial charge in [0.25, 0.3) is 0 Å². The van der Waals surface area contributed by atoms with Crippen LogP contribution in [0.25, 0.3) is 0 Å². The molecule has 7 N–H and O–H groups in total. The number of hydrogen-bond acceptors (Lipinski definition) is 6. The Morgan fingerprint density at radius 2 is 1.51 bits per heavy atom. The van der Waals surface area contributed by atoms with Crippen LogP contribution in [0.5, 0.6) is 5.75 Å². The van der Waals surface area contributed by atoms with E-state index in [2.05, 4.69) is 20.9 Å². The van der Waals surface area contributed by atoms with Crippen molar-refractivity contribution < 1.29 is 45.9 Å². The van der Waals surface area contributed by atoms with E-state index in [0.717, 1.165) is 6.07 Å². The molecule has 2 aromatic rings. The van der Waals surface area contributed by atoms with Crippen molar-refractivity contribution in [3.05, 3.63) is 59.4 Å². The van der Waals surface area contributed by atoms with Crippen LogP contribution in [0, 0.1) is 35.0 Å². The van der Waals surface area contributed by atoms with E-state index >= 15 is 0 Å². The number of benzene rings is 2. The van der Waals surface area contributed by atoms with Crippen molar-refractivity contribution in [2.24, 2.45) is 22.4 Å². The van der Waals surface area contributed by atoms with Crippen molar-refractivity contribution in [1.82, 2.24) is 10.6 Å². The Kier molecular flexibility index (Phi) is 12.8. The summed E-state index contributed by atoms with van der Waals surface area (Å²) in [6, 6.07) is 2.26. The Morgan fingerprint density at radius 1 is 0.884 bits per heavy atom. The standard InChI is InChI=1S/C27H31F5N6O5/c1-13(2)10-19(38-26(42)25(41)36-17-7-4-3-6-14(17)28)24(40)37-18(8-5-9-35-27(33)34)20(39)12-43-23-21(31)15(29)11-16(30)22(23)32/h3-4,6-7,11,13,18-19H,5,8-10,12H2,1-2H3,(H,36,41)(H,37,40)(H,38,42)(H4,33,34,35). The van der Waals surface area contributed by atoms with E-state index in [0.29, 0.717) is 0 Å². The van der Waals surface area contributed by atoms with Gasteiger partial charge in [-0.15, -0.1) is 0 Å². The van der Waals surface area contributed by atoms with Gasteiger partial charge >= 0.3 is 11.8 Å². The number of nitrogens with one attached hydrogen (secondary N) is 3. The average Bonchev–Trinajstić information content (AvgIpc) is 2.93. The molecule has 0 aromatic heterocycles. The van der Waals surface area contributed by atoms with Crippen molar-refractivity contribution in [3.63, 3.8) is 0 Å². The van der Waals surface area contributed by atoms with Gasteiger partial charge in [0, 0.05) is 12.6 Å². The topological polar surface area (TPSA) is 178 Å². The molecule has 0 fully saturated rings. The molecule has 0 bridgehead atoms. The van der Waals surface area contributed by atoms with Gasteiger partial charge in [-0.3, -0.25) is 24.2 Å². The first-order valence-corrected chi connectivity index (χ1v) is 12.9. The highest BCUT2D eigenvalue weighted by molar-refractivity contribution is 6.40. The van der Waals surface area contributed by atoms with Gasteiger partial charge in [-0.25, -0.2) is 13.2 Å². The Hall–Kier alpha value is -4.76. The van der Waals surface area contributed by atoms with Gasteiger partial charge in [0.05, 0.1) is 11.7 Å². The number of carbonyl (C=O) groups is 4. The van der Waals surface area contributed by atoms with E-state index in [1.807, 2.05) is 0 Å². The average molecular weight is 615 g/mol. The van der Waals surface area contributed by atoms with Gasteiger partial charge in [-0.1, -0.05) is 26.0 Å². The summed E-state index contributed by atoms with van der Waals surface area (Å²) in [4.78, 5) is 54.8. The molecule has 0 aliphatic rings. The maximum absolute atomic E-state index is 14.0. The van der Waals surface area contributed by atoms with Crippen LogP contribution in [0.2, 0.25) is 0 Å². The van der Waals surface area contributed by atoms with Gasteiger partial charge in [0.2, 0.25) is 17.5 Å². The fraction of sp³-hybridized carbons (Fsp3) is 0.370. The lowest BCUT2D eigenvalue weighted by Crippen LogP contribution is -2.54. The number of nitrogens with zero attached hydrogens (tertiary/aromatic N) is 1. The first-order chi connectivity index (χ1) is 20.2. The minimum absolute atomic E-state index is 0.00501. The summed E-state index contributed by atoms with van der Waals surface area (Å²) in [5, 5.41) is 6.70. The molecule has 43 heavy (non-hydrogen) atoms. The SMILES string of the molecule is CC(C)CC(NC(=O)C(=O)Nc1ccccc1F)C(=O)NC(CCCN=C(N)N)C(=O)COc1c(F)c(F)cc(F)c1F. The number of ketones is 1. The lowest BCUT2D eigenvalue weighted by atomic mass is 10.0. The molecule has 2 atom stereocenters. The van der Waals surface area contributed by atoms with E-state index < -0.39 is 77.0 Å². The molecule has 0 saturated carbocycles. The predicted molar refractivity (Wildman–Crippen MR) is 145 cm³/mol. The Balaban J connectivity index is 2.19. The molecule has 2 rings (SSSR count). The van der Waals surface area contributed by atoms with Crippen LogP contribution >= 0.6 is 0 Å². The summed E-state index contributed by atoms with van der Waals surface area (Å²) in [7, 11) is 0. The van der Waals surface area contributed by atoms with Crippen LogP contribution in [0.15, 0.2) is 35.3 Å². The number of rotatable bonds is 14. The molecule has 2 aromatic carbocycles. The summed E-state index contributed by atoms with van der Waals surface area (Å²) in [6.45, 7) is 2.32. The van der Waals surface area contributed by atoms with Crippen molar-refractivity contribution in [3.8, 4) is 5.75 Å². The second-order valence-electron chi connectivity index (χ2n) is 9.65. The zero-order chi connectivity index (χ0) is 32.3. The van der Waals surface area contributed by atoms with Crippen molar-refractivity contribution in [2.75, 3.05) is 18.5 Å². The van der Waals surface area contributed by atoms with Crippen LogP contribution in [0.1, 0.15) is 33.1 Å². The number of aliphatic imine (C=N–C) groups is 1. The second-order valence-corrected chi connectivity index (χ2v) is 9.65. The monoisotopic (exact) mass is 614 g/mol. The molecule has 0 aliphatic heterocycles. The number of amides is 3. The van der Waals surface area contributed by atoms with Gasteiger partial charge in [0.15, 0.2) is 29.1 Å². The maximum atomic E-state index is 14.0. The molecule has 0 spiro atoms. The predicted octanol–water partition coefficient (Wildman–Crippen LogP) is 2.04. The summed E-state index contributed by atoms with van der Waals surface area (Å²) in [6.07, 6.45) is -0.0313. The normalized spacial score (nSPS) is 12.2. The summed E-state index contributed by atoms with van der Waals surface area (Å²) in [5.74, 6) is -14.4. The van der Waals surface area contributed by atoms with E-state index in [1.165, 1.54) is 18.2 Å². The fourth-order valence-corrected chi connectivity index (χ4v) is 3.68. The second kappa shape index (κ2) is 16.0. The summed E-state index contributed by atoms with van der Waals surface area (Å²) in [5.41, 5.74) is 10.3. The van der Waals surface area contributed by atoms with Crippen molar-refractivity contribution >= 4 is 35.2 Å². The minimum Gasteiger partial charge on any atom is -0.479 e. The lowest BCUT2D eigenvalue weighted by molar-refractivity contribution is -0.138. The zero-order valence-corrected chi connectivity index (χ0v) is 23.2. The Labute approximate surface area is 243 Å². The molecule has 3 amide bonds. The number of para-hydroxylation sites is 1. The van der Waals surface area contributed by atoms with E-state index in [-0.39, 0.29) is 49.4 Å². The highest BCUT2D eigenvalue weighted by Gasteiger charge is 2.30. The van der Waals surface area contributed by atoms with Crippen molar-refractivity contribution in [2.45, 2.75) is 45.2 Å².